The lowest BCUT2D eigenvalue weighted by Gasteiger charge is -2.23. The second-order valence-electron chi connectivity index (χ2n) is 7.31. The van der Waals surface area contributed by atoms with Gasteiger partial charge in [0.2, 0.25) is 5.91 Å². The van der Waals surface area contributed by atoms with E-state index in [2.05, 4.69) is 20.4 Å². The van der Waals surface area contributed by atoms with E-state index in [1.54, 1.807) is 10.7 Å². The summed E-state index contributed by atoms with van der Waals surface area (Å²) in [5.74, 6) is -0.327. The van der Waals surface area contributed by atoms with Gasteiger partial charge in [-0.25, -0.2) is 19.0 Å². The number of nitrogens with one attached hydrogen (secondary N) is 1. The first-order valence-corrected chi connectivity index (χ1v) is 10.1. The van der Waals surface area contributed by atoms with Crippen LogP contribution in [0.2, 0.25) is 5.02 Å². The molecule has 30 heavy (non-hydrogen) atoms. The van der Waals surface area contributed by atoms with Crippen LogP contribution in [-0.2, 0) is 4.79 Å². The van der Waals surface area contributed by atoms with Crippen LogP contribution in [0.15, 0.2) is 12.4 Å². The number of anilines is 1. The molecule has 2 atom stereocenters. The van der Waals surface area contributed by atoms with Gasteiger partial charge < -0.3 is 15.8 Å². The third-order valence-electron chi connectivity index (χ3n) is 5.42. The number of aromatic nitrogens is 4. The van der Waals surface area contributed by atoms with E-state index in [1.165, 1.54) is 6.33 Å². The lowest BCUT2D eigenvalue weighted by atomic mass is 9.92. The summed E-state index contributed by atoms with van der Waals surface area (Å²) < 4.78 is 22.7. The van der Waals surface area contributed by atoms with Crippen molar-refractivity contribution < 1.29 is 13.9 Å². The van der Waals surface area contributed by atoms with Gasteiger partial charge >= 0.3 is 0 Å². The van der Waals surface area contributed by atoms with Crippen LogP contribution in [0.25, 0.3) is 11.0 Å². The number of carbonyl (C=O) groups excluding carboxylic acids is 1. The number of halogens is 2. The topological polar surface area (TPSA) is 108 Å². The standard InChI is InChI=1S/C20H22ClFN6O2/c1-4-30-18-12(6-13(21)17(22)16(18)11-5-14(29)24-7-11)10(3)28-20-15(9(2)27-28)19(23)25-8-26-20/h6,8,10-11H,4-5,7H2,1-3H3,(H,24,29)(H2,23,25,26)/t10-,11?/m0/s1. The number of hydrogen-bond acceptors (Lipinski definition) is 6. The van der Waals surface area contributed by atoms with Crippen LogP contribution >= 0.6 is 11.6 Å². The van der Waals surface area contributed by atoms with Crippen molar-refractivity contribution in [3.05, 3.63) is 40.1 Å². The maximum Gasteiger partial charge on any atom is 0.220 e. The molecule has 0 radical (unpaired) electrons. The van der Waals surface area contributed by atoms with Crippen LogP contribution in [0.1, 0.15) is 49.0 Å². The van der Waals surface area contributed by atoms with Crippen LogP contribution < -0.4 is 15.8 Å². The fourth-order valence-corrected chi connectivity index (χ4v) is 4.23. The molecule has 0 bridgehead atoms. The van der Waals surface area contributed by atoms with Crippen molar-refractivity contribution in [3.8, 4) is 5.75 Å². The minimum absolute atomic E-state index is 0.0306. The molecular weight excluding hydrogens is 411 g/mol. The zero-order valence-electron chi connectivity index (χ0n) is 16.9. The second kappa shape index (κ2) is 7.71. The van der Waals surface area contributed by atoms with E-state index >= 15 is 4.39 Å². The van der Waals surface area contributed by atoms with Crippen molar-refractivity contribution in [1.29, 1.82) is 0 Å². The number of nitrogen functional groups attached to an aromatic ring is 1. The summed E-state index contributed by atoms with van der Waals surface area (Å²) >= 11 is 6.27. The number of nitrogens with zero attached hydrogens (tertiary/aromatic N) is 4. The number of benzene rings is 1. The lowest BCUT2D eigenvalue weighted by molar-refractivity contribution is -0.119. The lowest BCUT2D eigenvalue weighted by Crippen LogP contribution is -2.16. The smallest absolute Gasteiger partial charge is 0.220 e. The van der Waals surface area contributed by atoms with Gasteiger partial charge in [-0.2, -0.15) is 5.10 Å². The predicted octanol–water partition coefficient (Wildman–Crippen LogP) is 3.12. The molecule has 0 spiro atoms. The molecule has 1 fully saturated rings. The van der Waals surface area contributed by atoms with E-state index in [-0.39, 0.29) is 29.3 Å². The molecule has 2 aromatic heterocycles. The Morgan fingerprint density at radius 1 is 1.47 bits per heavy atom. The molecule has 0 aliphatic carbocycles. The molecule has 1 unspecified atom stereocenters. The number of nitrogens with two attached hydrogens (primary N) is 1. The van der Waals surface area contributed by atoms with Crippen LogP contribution in [0, 0.1) is 12.7 Å². The van der Waals surface area contributed by atoms with Gasteiger partial charge in [0.25, 0.3) is 0 Å². The summed E-state index contributed by atoms with van der Waals surface area (Å²) in [7, 11) is 0. The molecule has 0 saturated carbocycles. The minimum Gasteiger partial charge on any atom is -0.493 e. The van der Waals surface area contributed by atoms with Crippen molar-refractivity contribution in [3.63, 3.8) is 0 Å². The number of carbonyl (C=O) groups is 1. The van der Waals surface area contributed by atoms with Gasteiger partial charge in [-0.15, -0.1) is 0 Å². The summed E-state index contributed by atoms with van der Waals surface area (Å²) in [5.41, 5.74) is 8.23. The van der Waals surface area contributed by atoms with Crippen LogP contribution in [-0.4, -0.2) is 38.8 Å². The summed E-state index contributed by atoms with van der Waals surface area (Å²) in [5, 5.41) is 7.98. The van der Waals surface area contributed by atoms with E-state index < -0.39 is 5.82 Å². The molecule has 1 aromatic carbocycles. The van der Waals surface area contributed by atoms with Crippen molar-refractivity contribution >= 4 is 34.4 Å². The summed E-state index contributed by atoms with van der Waals surface area (Å²) in [6, 6.07) is 1.16. The highest BCUT2D eigenvalue weighted by molar-refractivity contribution is 6.31. The van der Waals surface area contributed by atoms with Gasteiger partial charge in [0.05, 0.1) is 28.8 Å². The predicted molar refractivity (Wildman–Crippen MR) is 111 cm³/mol. The fraction of sp³-hybridized carbons (Fsp3) is 0.400. The molecule has 3 aromatic rings. The number of rotatable bonds is 5. The molecule has 10 heteroatoms. The SMILES string of the molecule is CCOc1c([C@H](C)n2nc(C)c3c(N)ncnc32)cc(Cl)c(F)c1C1CNC(=O)C1. The molecule has 1 aliphatic rings. The Kier molecular flexibility index (Phi) is 5.23. The Morgan fingerprint density at radius 3 is 2.90 bits per heavy atom. The molecule has 3 heterocycles. The third-order valence-corrected chi connectivity index (χ3v) is 5.69. The van der Waals surface area contributed by atoms with Crippen LogP contribution in [0.4, 0.5) is 10.2 Å². The zero-order valence-corrected chi connectivity index (χ0v) is 17.6. The number of fused-ring (bicyclic) bond motifs is 1. The van der Waals surface area contributed by atoms with Gasteiger partial charge in [-0.1, -0.05) is 11.6 Å². The highest BCUT2D eigenvalue weighted by Crippen LogP contribution is 2.43. The summed E-state index contributed by atoms with van der Waals surface area (Å²) in [6.45, 7) is 6.21. The number of ether oxygens (including phenoxy) is 1. The van der Waals surface area contributed by atoms with E-state index in [0.29, 0.717) is 52.6 Å². The molecule has 1 aliphatic heterocycles. The molecule has 4 rings (SSSR count). The Bertz CT molecular complexity index is 1150. The minimum atomic E-state index is -0.564. The van der Waals surface area contributed by atoms with Crippen molar-refractivity contribution in [2.45, 2.75) is 39.2 Å². The van der Waals surface area contributed by atoms with E-state index in [0.717, 1.165) is 0 Å². The van der Waals surface area contributed by atoms with Gasteiger partial charge in [0.1, 0.15) is 23.7 Å². The van der Waals surface area contributed by atoms with Crippen LogP contribution in [0.5, 0.6) is 5.75 Å². The first-order valence-electron chi connectivity index (χ1n) is 9.70. The quantitative estimate of drug-likeness (QED) is 0.641. The molecule has 8 nitrogen and oxygen atoms in total. The van der Waals surface area contributed by atoms with E-state index in [9.17, 15) is 4.79 Å². The summed E-state index contributed by atoms with van der Waals surface area (Å²) in [4.78, 5) is 20.1. The average Bonchev–Trinajstić information content (AvgIpc) is 3.28. The molecule has 1 saturated heterocycles. The monoisotopic (exact) mass is 432 g/mol. The molecule has 3 N–H and O–H groups in total. The first kappa shape index (κ1) is 20.3. The molecule has 1 amide bonds. The van der Waals surface area contributed by atoms with Crippen LogP contribution in [0.3, 0.4) is 0 Å². The maximum absolute atomic E-state index is 15.1. The number of amides is 1. The first-order chi connectivity index (χ1) is 14.3. The Balaban J connectivity index is 1.91. The van der Waals surface area contributed by atoms with Crippen molar-refractivity contribution in [2.75, 3.05) is 18.9 Å². The maximum atomic E-state index is 15.1. The molecule has 158 valence electrons. The van der Waals surface area contributed by atoms with Gasteiger partial charge in [0, 0.05) is 30.0 Å². The molecular formula is C20H22ClFN6O2. The number of hydrogen-bond donors (Lipinski definition) is 2. The van der Waals surface area contributed by atoms with Gasteiger partial charge in [-0.05, 0) is 26.8 Å². The van der Waals surface area contributed by atoms with Gasteiger partial charge in [0.15, 0.2) is 5.65 Å². The normalized spacial score (nSPS) is 17.4. The second-order valence-corrected chi connectivity index (χ2v) is 7.71. The van der Waals surface area contributed by atoms with Crippen molar-refractivity contribution in [2.24, 2.45) is 0 Å². The van der Waals surface area contributed by atoms with Crippen molar-refractivity contribution in [1.82, 2.24) is 25.1 Å². The Labute approximate surface area is 177 Å². The van der Waals surface area contributed by atoms with E-state index in [1.807, 2.05) is 20.8 Å². The summed E-state index contributed by atoms with van der Waals surface area (Å²) in [6.07, 6.45) is 1.56. The van der Waals surface area contributed by atoms with Gasteiger partial charge in [-0.3, -0.25) is 4.79 Å². The largest absolute Gasteiger partial charge is 0.493 e. The van der Waals surface area contributed by atoms with E-state index in [4.69, 9.17) is 22.1 Å². The highest BCUT2D eigenvalue weighted by atomic mass is 35.5. The Hall–Kier alpha value is -2.94. The number of aryl methyl sites for hydroxylation is 1. The average molecular weight is 433 g/mol. The Morgan fingerprint density at radius 2 is 2.23 bits per heavy atom. The zero-order chi connectivity index (χ0) is 21.6. The highest BCUT2D eigenvalue weighted by Gasteiger charge is 2.33. The fourth-order valence-electron chi connectivity index (χ4n) is 4.01. The third kappa shape index (κ3) is 3.23.